The molecule has 0 bridgehead atoms. The van der Waals surface area contributed by atoms with Gasteiger partial charge in [0.25, 0.3) is 5.91 Å². The maximum atomic E-state index is 12.3. The summed E-state index contributed by atoms with van der Waals surface area (Å²) in [6.07, 6.45) is 2.02. The lowest BCUT2D eigenvalue weighted by Crippen LogP contribution is -2.25. The number of carbonyl (C=O) groups is 2. The van der Waals surface area contributed by atoms with Crippen LogP contribution in [0, 0.1) is 0 Å². The highest BCUT2D eigenvalue weighted by Crippen LogP contribution is 2.31. The predicted molar refractivity (Wildman–Crippen MR) is 85.3 cm³/mol. The summed E-state index contributed by atoms with van der Waals surface area (Å²) in [4.78, 5) is 24.7. The predicted octanol–water partition coefficient (Wildman–Crippen LogP) is 1.20. The Labute approximate surface area is 136 Å². The largest absolute Gasteiger partial charge is 0.345 e. The Balaban J connectivity index is 1.47. The summed E-state index contributed by atoms with van der Waals surface area (Å²) in [7, 11) is 0. The average Bonchev–Trinajstić information content (AvgIpc) is 3.15. The van der Waals surface area contributed by atoms with Crippen molar-refractivity contribution < 1.29 is 9.59 Å². The molecule has 118 valence electrons. The van der Waals surface area contributed by atoms with E-state index in [-0.39, 0.29) is 11.8 Å². The topological polar surface area (TPSA) is 88.9 Å². The van der Waals surface area contributed by atoms with Crippen molar-refractivity contribution in [2.24, 2.45) is 0 Å². The van der Waals surface area contributed by atoms with Crippen LogP contribution in [0.5, 0.6) is 0 Å². The standard InChI is InChI=1S/C15H15N5O2S/c21-14-8-23-11-4-3-9(6-10(11)17-14)15(22)16-7-13-19-18-12-2-1-5-20(12)13/h3-4,6H,1-2,5,7-8H2,(H,16,22)(H,17,21). The molecule has 2 aromatic rings. The fraction of sp³-hybridized carbons (Fsp3) is 0.333. The number of hydrogen-bond acceptors (Lipinski definition) is 5. The smallest absolute Gasteiger partial charge is 0.251 e. The fourth-order valence-corrected chi connectivity index (χ4v) is 3.62. The molecule has 23 heavy (non-hydrogen) atoms. The van der Waals surface area contributed by atoms with Gasteiger partial charge in [0.1, 0.15) is 5.82 Å². The normalized spacial score (nSPS) is 15.7. The van der Waals surface area contributed by atoms with Crippen molar-refractivity contribution in [3.05, 3.63) is 35.4 Å². The van der Waals surface area contributed by atoms with Crippen LogP contribution in [0.3, 0.4) is 0 Å². The summed E-state index contributed by atoms with van der Waals surface area (Å²) in [5.41, 5.74) is 1.22. The van der Waals surface area contributed by atoms with E-state index in [1.165, 1.54) is 11.8 Å². The maximum Gasteiger partial charge on any atom is 0.251 e. The van der Waals surface area contributed by atoms with Gasteiger partial charge in [0.05, 0.1) is 18.0 Å². The van der Waals surface area contributed by atoms with Crippen molar-refractivity contribution in [1.29, 1.82) is 0 Å². The van der Waals surface area contributed by atoms with E-state index in [4.69, 9.17) is 0 Å². The van der Waals surface area contributed by atoms with Gasteiger partial charge in [-0.15, -0.1) is 22.0 Å². The number of amides is 2. The summed E-state index contributed by atoms with van der Waals surface area (Å²) in [6, 6.07) is 5.35. The first-order valence-electron chi connectivity index (χ1n) is 7.46. The van der Waals surface area contributed by atoms with Crippen molar-refractivity contribution in [2.45, 2.75) is 30.8 Å². The molecule has 1 aromatic carbocycles. The maximum absolute atomic E-state index is 12.3. The highest BCUT2D eigenvalue weighted by molar-refractivity contribution is 8.00. The first-order chi connectivity index (χ1) is 11.2. The summed E-state index contributed by atoms with van der Waals surface area (Å²) in [5.74, 6) is 1.96. The Morgan fingerprint density at radius 3 is 3.22 bits per heavy atom. The van der Waals surface area contributed by atoms with Crippen LogP contribution in [-0.4, -0.2) is 32.3 Å². The molecular weight excluding hydrogens is 314 g/mol. The molecular formula is C15H15N5O2S. The second-order valence-electron chi connectivity index (χ2n) is 5.52. The van der Waals surface area contributed by atoms with E-state index in [1.54, 1.807) is 12.1 Å². The van der Waals surface area contributed by atoms with Crippen LogP contribution in [0.1, 0.15) is 28.4 Å². The molecule has 0 atom stereocenters. The van der Waals surface area contributed by atoms with Gasteiger partial charge in [-0.3, -0.25) is 9.59 Å². The van der Waals surface area contributed by atoms with Crippen LogP contribution in [0.4, 0.5) is 5.69 Å². The number of aromatic nitrogens is 3. The van der Waals surface area contributed by atoms with Gasteiger partial charge in [-0.25, -0.2) is 0 Å². The number of hydrogen-bond donors (Lipinski definition) is 2. The van der Waals surface area contributed by atoms with E-state index in [0.29, 0.717) is 23.5 Å². The third-order valence-corrected chi connectivity index (χ3v) is 5.04. The first-order valence-corrected chi connectivity index (χ1v) is 8.45. The Morgan fingerprint density at radius 1 is 1.39 bits per heavy atom. The van der Waals surface area contributed by atoms with Crippen LogP contribution in [0.2, 0.25) is 0 Å². The van der Waals surface area contributed by atoms with E-state index >= 15 is 0 Å². The molecule has 3 heterocycles. The lowest BCUT2D eigenvalue weighted by Gasteiger charge is -2.16. The number of nitrogens with one attached hydrogen (secondary N) is 2. The highest BCUT2D eigenvalue weighted by Gasteiger charge is 2.19. The van der Waals surface area contributed by atoms with Crippen molar-refractivity contribution in [2.75, 3.05) is 11.1 Å². The van der Waals surface area contributed by atoms with Crippen LogP contribution >= 0.6 is 11.8 Å². The number of aryl methyl sites for hydroxylation is 1. The molecule has 0 saturated carbocycles. The molecule has 2 aliphatic rings. The van der Waals surface area contributed by atoms with Crippen molar-refractivity contribution in [3.8, 4) is 0 Å². The number of thioether (sulfide) groups is 1. The van der Waals surface area contributed by atoms with Crippen molar-refractivity contribution in [1.82, 2.24) is 20.1 Å². The first kappa shape index (κ1) is 14.3. The van der Waals surface area contributed by atoms with Gasteiger partial charge in [0.2, 0.25) is 5.91 Å². The molecule has 8 heteroatoms. The number of nitrogens with zero attached hydrogens (tertiary/aromatic N) is 3. The molecule has 7 nitrogen and oxygen atoms in total. The Bertz CT molecular complexity index is 801. The second kappa shape index (κ2) is 5.69. The minimum atomic E-state index is -0.187. The zero-order chi connectivity index (χ0) is 15.8. The third kappa shape index (κ3) is 2.70. The fourth-order valence-electron chi connectivity index (χ4n) is 2.83. The SMILES string of the molecule is O=C1CSc2ccc(C(=O)NCc3nnc4n3CCC4)cc2N1. The summed E-state index contributed by atoms with van der Waals surface area (Å²) >= 11 is 1.48. The molecule has 1 aromatic heterocycles. The van der Waals surface area contributed by atoms with Gasteiger partial charge >= 0.3 is 0 Å². The monoisotopic (exact) mass is 329 g/mol. The molecule has 4 rings (SSSR count). The van der Waals surface area contributed by atoms with Crippen LogP contribution in [-0.2, 0) is 24.3 Å². The van der Waals surface area contributed by atoms with Crippen LogP contribution in [0.15, 0.2) is 23.1 Å². The van der Waals surface area contributed by atoms with Gasteiger partial charge in [-0.05, 0) is 24.6 Å². The Morgan fingerprint density at radius 2 is 2.30 bits per heavy atom. The lowest BCUT2D eigenvalue weighted by molar-refractivity contribution is -0.113. The van der Waals surface area contributed by atoms with E-state index in [0.717, 1.165) is 35.9 Å². The van der Waals surface area contributed by atoms with Crippen LogP contribution in [0.25, 0.3) is 0 Å². The van der Waals surface area contributed by atoms with E-state index in [9.17, 15) is 9.59 Å². The van der Waals surface area contributed by atoms with Crippen LogP contribution < -0.4 is 10.6 Å². The molecule has 0 aliphatic carbocycles. The van der Waals surface area contributed by atoms with E-state index in [2.05, 4.69) is 25.4 Å². The number of fused-ring (bicyclic) bond motifs is 2. The molecule has 0 radical (unpaired) electrons. The summed E-state index contributed by atoms with van der Waals surface area (Å²) in [5, 5.41) is 13.9. The average molecular weight is 329 g/mol. The second-order valence-corrected chi connectivity index (χ2v) is 6.54. The van der Waals surface area contributed by atoms with Gasteiger partial charge in [0.15, 0.2) is 5.82 Å². The van der Waals surface area contributed by atoms with Crippen molar-refractivity contribution in [3.63, 3.8) is 0 Å². The number of anilines is 1. The molecule has 0 spiro atoms. The molecule has 0 fully saturated rings. The highest BCUT2D eigenvalue weighted by atomic mass is 32.2. The Kier molecular flexibility index (Phi) is 3.53. The summed E-state index contributed by atoms with van der Waals surface area (Å²) < 4.78 is 2.06. The minimum absolute atomic E-state index is 0.0425. The molecule has 2 amide bonds. The number of rotatable bonds is 3. The van der Waals surface area contributed by atoms with E-state index < -0.39 is 0 Å². The molecule has 0 saturated heterocycles. The van der Waals surface area contributed by atoms with Crippen molar-refractivity contribution >= 4 is 29.3 Å². The van der Waals surface area contributed by atoms with Gasteiger partial charge < -0.3 is 15.2 Å². The van der Waals surface area contributed by atoms with Gasteiger partial charge in [-0.1, -0.05) is 0 Å². The van der Waals surface area contributed by atoms with Gasteiger partial charge in [-0.2, -0.15) is 0 Å². The zero-order valence-electron chi connectivity index (χ0n) is 12.3. The van der Waals surface area contributed by atoms with E-state index in [1.807, 2.05) is 6.07 Å². The summed E-state index contributed by atoms with van der Waals surface area (Å²) in [6.45, 7) is 1.26. The lowest BCUT2D eigenvalue weighted by atomic mass is 10.2. The van der Waals surface area contributed by atoms with Gasteiger partial charge in [0, 0.05) is 23.4 Å². The number of carbonyl (C=O) groups excluding carboxylic acids is 2. The zero-order valence-corrected chi connectivity index (χ0v) is 13.2. The number of benzene rings is 1. The molecule has 2 N–H and O–H groups in total. The third-order valence-electron chi connectivity index (χ3n) is 3.97. The quantitative estimate of drug-likeness (QED) is 0.883. The Hall–Kier alpha value is -2.35. The molecule has 0 unspecified atom stereocenters. The minimum Gasteiger partial charge on any atom is -0.345 e. The molecule has 2 aliphatic heterocycles.